The van der Waals surface area contributed by atoms with Crippen LogP contribution < -0.4 is 21.1 Å². The number of fused-ring (bicyclic) bond motifs is 14. The molecule has 31 heavy (non-hydrogen) atoms. The van der Waals surface area contributed by atoms with Gasteiger partial charge in [0.1, 0.15) is 17.8 Å². The molecule has 2 heterocycles. The highest BCUT2D eigenvalue weighted by molar-refractivity contribution is 5.92. The molecule has 3 rings (SSSR count). The average Bonchev–Trinajstić information content (AvgIpc) is 2.71. The van der Waals surface area contributed by atoms with Crippen LogP contribution in [-0.4, -0.2) is 49.6 Å². The molecule has 2 aliphatic rings. The molecular formula is C22H34ClN3O5. The Morgan fingerprint density at radius 1 is 1.16 bits per heavy atom. The van der Waals surface area contributed by atoms with Crippen LogP contribution in [0.4, 0.5) is 0 Å². The average molecular weight is 456 g/mol. The van der Waals surface area contributed by atoms with E-state index in [0.717, 1.165) is 17.7 Å². The molecule has 0 spiro atoms. The van der Waals surface area contributed by atoms with Gasteiger partial charge in [0, 0.05) is 0 Å². The van der Waals surface area contributed by atoms with Crippen molar-refractivity contribution >= 4 is 30.2 Å². The van der Waals surface area contributed by atoms with Crippen LogP contribution in [0, 0.1) is 5.92 Å². The number of ether oxygens (including phenoxy) is 2. The van der Waals surface area contributed by atoms with E-state index < -0.39 is 35.9 Å². The van der Waals surface area contributed by atoms with Gasteiger partial charge in [-0.05, 0) is 55.7 Å². The number of halogens is 1. The number of rotatable bonds is 3. The largest absolute Gasteiger partial charge is 0.494 e. The third kappa shape index (κ3) is 8.75. The number of methoxy groups -OCH3 is 1. The van der Waals surface area contributed by atoms with E-state index in [0.29, 0.717) is 32.3 Å². The van der Waals surface area contributed by atoms with E-state index in [9.17, 15) is 14.4 Å². The van der Waals surface area contributed by atoms with Crippen LogP contribution in [-0.2, 0) is 25.5 Å². The van der Waals surface area contributed by atoms with Crippen molar-refractivity contribution in [3.8, 4) is 5.75 Å². The summed E-state index contributed by atoms with van der Waals surface area (Å²) in [6.45, 7) is 4.42. The second-order valence-electron chi connectivity index (χ2n) is 8.07. The molecule has 2 amide bonds. The Labute approximate surface area is 190 Å². The number of nitrogens with two attached hydrogens (primary N) is 1. The molecule has 0 aliphatic carbocycles. The van der Waals surface area contributed by atoms with Gasteiger partial charge < -0.3 is 25.8 Å². The van der Waals surface area contributed by atoms with Gasteiger partial charge in [0.05, 0.1) is 19.8 Å². The maximum atomic E-state index is 12.9. The van der Waals surface area contributed by atoms with Gasteiger partial charge in [0.25, 0.3) is 0 Å². The molecule has 1 aromatic carbocycles. The number of amides is 2. The zero-order chi connectivity index (χ0) is 22.1. The van der Waals surface area contributed by atoms with E-state index in [-0.39, 0.29) is 18.3 Å². The maximum absolute atomic E-state index is 12.9. The first-order valence-corrected chi connectivity index (χ1v) is 10.5. The molecule has 174 valence electrons. The van der Waals surface area contributed by atoms with Gasteiger partial charge in [-0.15, -0.1) is 12.4 Å². The molecule has 2 bridgehead atoms. The Morgan fingerprint density at radius 3 is 2.45 bits per heavy atom. The van der Waals surface area contributed by atoms with Gasteiger partial charge in [0.2, 0.25) is 11.8 Å². The first-order valence-electron chi connectivity index (χ1n) is 10.5. The summed E-state index contributed by atoms with van der Waals surface area (Å²) in [5, 5.41) is 5.50. The highest BCUT2D eigenvalue weighted by Gasteiger charge is 2.29. The van der Waals surface area contributed by atoms with E-state index >= 15 is 0 Å². The Morgan fingerprint density at radius 2 is 1.84 bits per heavy atom. The fraction of sp³-hybridized carbons (Fsp3) is 0.591. The standard InChI is InChI=1S/C22H33N3O5.ClH/c1-14(2)12-19-21(27)24-18(22(28)29-3)6-4-5-11-30-16-9-7-15(8-10-16)13-17(23)20(26)25-19;/h7-10,14,17-19H,4-6,11-13,23H2,1-3H3,(H,24,27)(H,25,26);1H/t17-,18-,19-;/m0./s1. The minimum absolute atomic E-state index is 0. The van der Waals surface area contributed by atoms with Gasteiger partial charge in [0.15, 0.2) is 0 Å². The van der Waals surface area contributed by atoms with E-state index in [1.165, 1.54) is 7.11 Å². The molecule has 0 fully saturated rings. The van der Waals surface area contributed by atoms with Crippen LogP contribution in [0.2, 0.25) is 0 Å². The summed E-state index contributed by atoms with van der Waals surface area (Å²) in [4.78, 5) is 37.7. The number of hydrogen-bond acceptors (Lipinski definition) is 6. The highest BCUT2D eigenvalue weighted by Crippen LogP contribution is 2.15. The van der Waals surface area contributed by atoms with Crippen molar-refractivity contribution in [2.45, 2.75) is 64.1 Å². The molecule has 2 aliphatic heterocycles. The van der Waals surface area contributed by atoms with Crippen molar-refractivity contribution in [2.75, 3.05) is 13.7 Å². The van der Waals surface area contributed by atoms with Crippen molar-refractivity contribution in [3.05, 3.63) is 29.8 Å². The van der Waals surface area contributed by atoms with Gasteiger partial charge in [-0.3, -0.25) is 9.59 Å². The zero-order valence-electron chi connectivity index (χ0n) is 18.4. The first-order chi connectivity index (χ1) is 14.3. The van der Waals surface area contributed by atoms with Gasteiger partial charge in [-0.1, -0.05) is 26.0 Å². The summed E-state index contributed by atoms with van der Waals surface area (Å²) >= 11 is 0. The highest BCUT2D eigenvalue weighted by atomic mass is 35.5. The summed E-state index contributed by atoms with van der Waals surface area (Å²) in [5.41, 5.74) is 6.99. The molecule has 0 radical (unpaired) electrons. The molecule has 8 nitrogen and oxygen atoms in total. The van der Waals surface area contributed by atoms with Crippen molar-refractivity contribution in [3.63, 3.8) is 0 Å². The number of carbonyl (C=O) groups excluding carboxylic acids is 3. The van der Waals surface area contributed by atoms with Crippen LogP contribution in [0.25, 0.3) is 0 Å². The fourth-order valence-corrected chi connectivity index (χ4v) is 3.35. The minimum atomic E-state index is -0.800. The maximum Gasteiger partial charge on any atom is 0.328 e. The lowest BCUT2D eigenvalue weighted by molar-refractivity contribution is -0.145. The number of benzene rings is 1. The summed E-state index contributed by atoms with van der Waals surface area (Å²) in [7, 11) is 1.29. The summed E-state index contributed by atoms with van der Waals surface area (Å²) in [6, 6.07) is 5.10. The molecule has 0 saturated heterocycles. The third-order valence-corrected chi connectivity index (χ3v) is 5.01. The Balaban J connectivity index is 0.00000480. The lowest BCUT2D eigenvalue weighted by Gasteiger charge is -2.24. The molecule has 0 unspecified atom stereocenters. The third-order valence-electron chi connectivity index (χ3n) is 5.01. The van der Waals surface area contributed by atoms with Crippen molar-refractivity contribution in [1.29, 1.82) is 0 Å². The summed E-state index contributed by atoms with van der Waals surface area (Å²) < 4.78 is 10.6. The van der Waals surface area contributed by atoms with Crippen molar-refractivity contribution in [1.82, 2.24) is 10.6 Å². The number of nitrogens with one attached hydrogen (secondary N) is 2. The van der Waals surface area contributed by atoms with E-state index in [2.05, 4.69) is 10.6 Å². The quantitative estimate of drug-likeness (QED) is 0.597. The monoisotopic (exact) mass is 455 g/mol. The summed E-state index contributed by atoms with van der Waals surface area (Å²) in [6.07, 6.45) is 2.59. The van der Waals surface area contributed by atoms with E-state index in [1.807, 2.05) is 38.1 Å². The van der Waals surface area contributed by atoms with Crippen LogP contribution >= 0.6 is 12.4 Å². The number of carbonyl (C=O) groups is 3. The van der Waals surface area contributed by atoms with Crippen LogP contribution in [0.15, 0.2) is 24.3 Å². The van der Waals surface area contributed by atoms with Crippen molar-refractivity contribution < 1.29 is 23.9 Å². The summed E-state index contributed by atoms with van der Waals surface area (Å²) in [5.74, 6) is -0.438. The SMILES string of the molecule is COC(=O)[C@@H]1CCCCOc2ccc(cc2)C[C@H](N)C(=O)N[C@@H](CC(C)C)C(=O)N1.Cl. The number of esters is 1. The Kier molecular flexibility index (Phi) is 11.3. The minimum Gasteiger partial charge on any atom is -0.494 e. The first kappa shape index (κ1) is 26.7. The molecule has 3 atom stereocenters. The fourth-order valence-electron chi connectivity index (χ4n) is 3.35. The topological polar surface area (TPSA) is 120 Å². The molecular weight excluding hydrogens is 422 g/mol. The van der Waals surface area contributed by atoms with Gasteiger partial charge in [-0.2, -0.15) is 0 Å². The molecule has 1 aromatic rings. The Bertz CT molecular complexity index is 726. The predicted octanol–water partition coefficient (Wildman–Crippen LogP) is 1.73. The van der Waals surface area contributed by atoms with Crippen molar-refractivity contribution in [2.24, 2.45) is 11.7 Å². The van der Waals surface area contributed by atoms with Gasteiger partial charge in [-0.25, -0.2) is 4.79 Å². The molecule has 0 aromatic heterocycles. The second kappa shape index (κ2) is 13.2. The lowest BCUT2D eigenvalue weighted by atomic mass is 10.0. The smallest absolute Gasteiger partial charge is 0.328 e. The lowest BCUT2D eigenvalue weighted by Crippen LogP contribution is -2.55. The van der Waals surface area contributed by atoms with Gasteiger partial charge >= 0.3 is 5.97 Å². The molecule has 4 N–H and O–H groups in total. The van der Waals surface area contributed by atoms with Crippen LogP contribution in [0.1, 0.15) is 45.1 Å². The second-order valence-corrected chi connectivity index (χ2v) is 8.07. The zero-order valence-corrected chi connectivity index (χ0v) is 19.2. The normalized spacial score (nSPS) is 23.1. The molecule has 0 saturated carbocycles. The van der Waals surface area contributed by atoms with Crippen LogP contribution in [0.5, 0.6) is 5.75 Å². The molecule has 9 heteroatoms. The predicted molar refractivity (Wildman–Crippen MR) is 120 cm³/mol. The Hall–Kier alpha value is -2.32. The van der Waals surface area contributed by atoms with E-state index in [4.69, 9.17) is 15.2 Å². The van der Waals surface area contributed by atoms with E-state index in [1.54, 1.807) is 0 Å². The number of hydrogen-bond donors (Lipinski definition) is 3. The van der Waals surface area contributed by atoms with Crippen LogP contribution in [0.3, 0.4) is 0 Å².